The molecule has 0 fully saturated rings. The van der Waals surface area contributed by atoms with Gasteiger partial charge in [-0.3, -0.25) is 0 Å². The van der Waals surface area contributed by atoms with Gasteiger partial charge in [-0.05, 0) is 18.2 Å². The van der Waals surface area contributed by atoms with Crippen molar-refractivity contribution >= 4 is 23.3 Å². The van der Waals surface area contributed by atoms with Gasteiger partial charge < -0.3 is 15.5 Å². The van der Waals surface area contributed by atoms with Crippen molar-refractivity contribution < 1.29 is 28.2 Å². The SMILES string of the molecule is O=C(O)c1ccc(NCC(O)CCl)c(C(F)(F)F)c1. The number of halogens is 4. The Hall–Kier alpha value is -1.47. The number of alkyl halides is 4. The average molecular weight is 298 g/mol. The molecule has 1 aromatic rings. The number of aromatic carboxylic acids is 1. The van der Waals surface area contributed by atoms with Crippen LogP contribution in [-0.4, -0.2) is 34.7 Å². The van der Waals surface area contributed by atoms with Gasteiger partial charge in [0.25, 0.3) is 0 Å². The van der Waals surface area contributed by atoms with Gasteiger partial charge in [-0.15, -0.1) is 11.6 Å². The molecule has 0 amide bonds. The summed E-state index contributed by atoms with van der Waals surface area (Å²) in [5.41, 5.74) is -1.87. The molecule has 1 rings (SSSR count). The predicted octanol–water partition coefficient (Wildman–Crippen LogP) is 2.42. The molecule has 0 aliphatic heterocycles. The number of hydrogen-bond acceptors (Lipinski definition) is 3. The number of aliphatic hydroxyl groups is 1. The molecule has 106 valence electrons. The van der Waals surface area contributed by atoms with Crippen molar-refractivity contribution in [1.82, 2.24) is 0 Å². The lowest BCUT2D eigenvalue weighted by Crippen LogP contribution is -2.22. The summed E-state index contributed by atoms with van der Waals surface area (Å²) >= 11 is 5.32. The van der Waals surface area contributed by atoms with Crippen LogP contribution in [0, 0.1) is 0 Å². The standard InChI is InChI=1S/C11H11ClF3NO3/c12-4-7(17)5-16-9-2-1-6(10(18)19)3-8(9)11(13,14)15/h1-3,7,16-17H,4-5H2,(H,18,19). The van der Waals surface area contributed by atoms with Gasteiger partial charge in [-0.1, -0.05) is 0 Å². The Balaban J connectivity index is 3.06. The second-order valence-electron chi connectivity index (χ2n) is 3.75. The van der Waals surface area contributed by atoms with Crippen LogP contribution in [0.5, 0.6) is 0 Å². The fraction of sp³-hybridized carbons (Fsp3) is 0.364. The molecule has 3 N–H and O–H groups in total. The van der Waals surface area contributed by atoms with E-state index in [0.717, 1.165) is 12.1 Å². The highest BCUT2D eigenvalue weighted by molar-refractivity contribution is 6.18. The monoisotopic (exact) mass is 297 g/mol. The smallest absolute Gasteiger partial charge is 0.418 e. The van der Waals surface area contributed by atoms with E-state index in [1.54, 1.807) is 0 Å². The third-order valence-electron chi connectivity index (χ3n) is 2.28. The topological polar surface area (TPSA) is 69.6 Å². The summed E-state index contributed by atoms with van der Waals surface area (Å²) in [5.74, 6) is -1.57. The molecule has 1 atom stereocenters. The fourth-order valence-electron chi connectivity index (χ4n) is 1.35. The van der Waals surface area contributed by atoms with E-state index in [1.807, 2.05) is 0 Å². The molecule has 0 saturated heterocycles. The average Bonchev–Trinajstić information content (AvgIpc) is 2.34. The Morgan fingerprint density at radius 3 is 2.53 bits per heavy atom. The van der Waals surface area contributed by atoms with Gasteiger partial charge >= 0.3 is 12.1 Å². The van der Waals surface area contributed by atoms with Crippen molar-refractivity contribution in [3.8, 4) is 0 Å². The lowest BCUT2D eigenvalue weighted by atomic mass is 10.1. The summed E-state index contributed by atoms with van der Waals surface area (Å²) in [4.78, 5) is 10.7. The lowest BCUT2D eigenvalue weighted by Gasteiger charge is -2.16. The van der Waals surface area contributed by atoms with Crippen LogP contribution in [0.2, 0.25) is 0 Å². The van der Waals surface area contributed by atoms with E-state index in [4.69, 9.17) is 16.7 Å². The number of carbonyl (C=O) groups is 1. The first-order valence-electron chi connectivity index (χ1n) is 5.18. The maximum absolute atomic E-state index is 12.8. The zero-order valence-electron chi connectivity index (χ0n) is 9.54. The second kappa shape index (κ2) is 6.12. The lowest BCUT2D eigenvalue weighted by molar-refractivity contribution is -0.137. The highest BCUT2D eigenvalue weighted by Gasteiger charge is 2.34. The molecule has 4 nitrogen and oxygen atoms in total. The Morgan fingerprint density at radius 2 is 2.05 bits per heavy atom. The van der Waals surface area contributed by atoms with Crippen LogP contribution in [0.1, 0.15) is 15.9 Å². The molecule has 0 aliphatic carbocycles. The first kappa shape index (κ1) is 15.6. The van der Waals surface area contributed by atoms with Crippen LogP contribution in [0.25, 0.3) is 0 Å². The maximum atomic E-state index is 12.8. The quantitative estimate of drug-likeness (QED) is 0.730. The van der Waals surface area contributed by atoms with E-state index >= 15 is 0 Å². The van der Waals surface area contributed by atoms with E-state index in [9.17, 15) is 23.1 Å². The fourth-order valence-corrected chi connectivity index (χ4v) is 1.46. The van der Waals surface area contributed by atoms with Gasteiger partial charge in [-0.2, -0.15) is 13.2 Å². The minimum Gasteiger partial charge on any atom is -0.478 e. The van der Waals surface area contributed by atoms with Gasteiger partial charge in [0, 0.05) is 12.2 Å². The van der Waals surface area contributed by atoms with Crippen LogP contribution in [0.4, 0.5) is 18.9 Å². The third-order valence-corrected chi connectivity index (χ3v) is 2.63. The minimum atomic E-state index is -4.69. The van der Waals surface area contributed by atoms with Gasteiger partial charge in [0.1, 0.15) is 0 Å². The molecule has 0 heterocycles. The molecule has 0 bridgehead atoms. The number of benzene rings is 1. The largest absolute Gasteiger partial charge is 0.478 e. The molecular weight excluding hydrogens is 287 g/mol. The first-order valence-corrected chi connectivity index (χ1v) is 5.71. The molecule has 1 unspecified atom stereocenters. The van der Waals surface area contributed by atoms with Crippen molar-refractivity contribution in [2.24, 2.45) is 0 Å². The van der Waals surface area contributed by atoms with E-state index in [2.05, 4.69) is 5.32 Å². The molecule has 0 spiro atoms. The van der Waals surface area contributed by atoms with Gasteiger partial charge in [0.15, 0.2) is 0 Å². The van der Waals surface area contributed by atoms with Crippen molar-refractivity contribution in [1.29, 1.82) is 0 Å². The van der Waals surface area contributed by atoms with E-state index < -0.39 is 29.4 Å². The normalized spacial score (nSPS) is 13.1. The number of hydrogen-bond donors (Lipinski definition) is 3. The van der Waals surface area contributed by atoms with Crippen LogP contribution < -0.4 is 5.32 Å². The van der Waals surface area contributed by atoms with E-state index in [1.165, 1.54) is 0 Å². The van der Waals surface area contributed by atoms with Crippen molar-refractivity contribution in [3.05, 3.63) is 29.3 Å². The minimum absolute atomic E-state index is 0.123. The van der Waals surface area contributed by atoms with Crippen LogP contribution in [0.15, 0.2) is 18.2 Å². The molecule has 8 heteroatoms. The van der Waals surface area contributed by atoms with E-state index in [-0.39, 0.29) is 18.1 Å². The van der Waals surface area contributed by atoms with Gasteiger partial charge in [0.2, 0.25) is 0 Å². The van der Waals surface area contributed by atoms with Crippen LogP contribution in [0.3, 0.4) is 0 Å². The predicted molar refractivity (Wildman–Crippen MR) is 63.6 cm³/mol. The Kier molecular flexibility index (Phi) is 5.02. The summed E-state index contributed by atoms with van der Waals surface area (Å²) in [6.07, 6.45) is -5.69. The Morgan fingerprint density at radius 1 is 1.42 bits per heavy atom. The maximum Gasteiger partial charge on any atom is 0.418 e. The highest BCUT2D eigenvalue weighted by atomic mass is 35.5. The second-order valence-corrected chi connectivity index (χ2v) is 4.06. The Bertz CT molecular complexity index is 465. The zero-order chi connectivity index (χ0) is 14.6. The van der Waals surface area contributed by atoms with Gasteiger partial charge in [0.05, 0.1) is 23.1 Å². The number of carboxylic acids is 1. The van der Waals surface area contributed by atoms with Crippen LogP contribution >= 0.6 is 11.6 Å². The summed E-state index contributed by atoms with van der Waals surface area (Å²) in [7, 11) is 0. The number of aliphatic hydroxyl groups excluding tert-OH is 1. The van der Waals surface area contributed by atoms with Crippen molar-refractivity contribution in [2.45, 2.75) is 12.3 Å². The number of nitrogens with one attached hydrogen (secondary N) is 1. The first-order chi connectivity index (χ1) is 8.75. The Labute approximate surface area is 111 Å². The van der Waals surface area contributed by atoms with E-state index in [0.29, 0.717) is 6.07 Å². The summed E-state index contributed by atoms with van der Waals surface area (Å²) < 4.78 is 38.3. The summed E-state index contributed by atoms with van der Waals surface area (Å²) in [6, 6.07) is 2.60. The summed E-state index contributed by atoms with van der Waals surface area (Å²) in [5, 5.41) is 20.3. The zero-order valence-corrected chi connectivity index (χ0v) is 10.3. The van der Waals surface area contributed by atoms with Crippen molar-refractivity contribution in [3.63, 3.8) is 0 Å². The molecule has 19 heavy (non-hydrogen) atoms. The highest BCUT2D eigenvalue weighted by Crippen LogP contribution is 2.35. The van der Waals surface area contributed by atoms with Crippen molar-refractivity contribution in [2.75, 3.05) is 17.7 Å². The molecule has 0 saturated carbocycles. The number of carboxylic acid groups (broad SMARTS) is 1. The number of anilines is 1. The summed E-state index contributed by atoms with van der Waals surface area (Å²) in [6.45, 7) is -0.168. The van der Waals surface area contributed by atoms with Crippen LogP contribution in [-0.2, 0) is 6.18 Å². The molecule has 1 aromatic carbocycles. The van der Waals surface area contributed by atoms with Gasteiger partial charge in [-0.25, -0.2) is 4.79 Å². The number of rotatable bonds is 5. The molecule has 0 radical (unpaired) electrons. The molecular formula is C11H11ClF3NO3. The molecule has 0 aliphatic rings. The molecule has 0 aromatic heterocycles. The third kappa shape index (κ3) is 4.29.